The molecule has 0 aliphatic rings. The van der Waals surface area contributed by atoms with Gasteiger partial charge in [0.25, 0.3) is 0 Å². The Bertz CT molecular complexity index is 923. The average Bonchev–Trinajstić information content (AvgIpc) is 3.05. The minimum Gasteiger partial charge on any atom is -0.306 e. The minimum absolute atomic E-state index is 0.156. The molecule has 0 saturated heterocycles. The molecule has 110 valence electrons. The quantitative estimate of drug-likeness (QED) is 0.767. The number of H-pyrrole nitrogens is 2. The largest absolute Gasteiger partial charge is 0.323 e. The smallest absolute Gasteiger partial charge is 0.306 e. The van der Waals surface area contributed by atoms with Crippen LogP contribution in [0.2, 0.25) is 0 Å². The number of fused-ring (bicyclic) bond motifs is 1. The van der Waals surface area contributed by atoms with Crippen molar-refractivity contribution in [3.05, 3.63) is 51.1 Å². The van der Waals surface area contributed by atoms with E-state index in [1.165, 1.54) is 34.8 Å². The molecule has 2 heterocycles. The number of thiophene rings is 1. The Morgan fingerprint density at radius 2 is 1.95 bits per heavy atom. The predicted molar refractivity (Wildman–Crippen MR) is 81.9 cm³/mol. The van der Waals surface area contributed by atoms with E-state index in [4.69, 9.17) is 0 Å². The molecule has 1 aromatic carbocycles. The van der Waals surface area contributed by atoms with Gasteiger partial charge in [-0.2, -0.15) is 15.6 Å². The average molecular weight is 323 g/mol. The van der Waals surface area contributed by atoms with Crippen molar-refractivity contribution in [3.8, 4) is 0 Å². The van der Waals surface area contributed by atoms with E-state index in [9.17, 15) is 13.2 Å². The normalized spacial score (nSPS) is 12.3. The number of hydrogen-bond donors (Lipinski definition) is 2. The van der Waals surface area contributed by atoms with Gasteiger partial charge in [0.05, 0.1) is 15.9 Å². The van der Waals surface area contributed by atoms with E-state index in [1.807, 2.05) is 16.8 Å². The van der Waals surface area contributed by atoms with E-state index in [1.54, 1.807) is 6.07 Å². The molecule has 2 N–H and O–H groups in total. The van der Waals surface area contributed by atoms with Crippen LogP contribution in [0.15, 0.2) is 44.7 Å². The lowest BCUT2D eigenvalue weighted by Crippen LogP contribution is -2.26. The van der Waals surface area contributed by atoms with Gasteiger partial charge in [-0.15, -0.1) is 0 Å². The van der Waals surface area contributed by atoms with E-state index in [-0.39, 0.29) is 10.6 Å². The third-order valence-corrected chi connectivity index (χ3v) is 5.71. The van der Waals surface area contributed by atoms with E-state index >= 15 is 0 Å². The zero-order valence-electron chi connectivity index (χ0n) is 11.2. The van der Waals surface area contributed by atoms with Gasteiger partial charge in [-0.1, -0.05) is 0 Å². The number of aromatic nitrogens is 2. The van der Waals surface area contributed by atoms with E-state index in [0.29, 0.717) is 17.6 Å². The third kappa shape index (κ3) is 2.65. The molecule has 6 nitrogen and oxygen atoms in total. The molecule has 0 aliphatic heterocycles. The first-order valence-corrected chi connectivity index (χ1v) is 8.54. The van der Waals surface area contributed by atoms with Gasteiger partial charge in [0.15, 0.2) is 0 Å². The summed E-state index contributed by atoms with van der Waals surface area (Å²) in [5, 5.41) is 3.82. The molecule has 21 heavy (non-hydrogen) atoms. The van der Waals surface area contributed by atoms with Crippen LogP contribution in [0.5, 0.6) is 0 Å². The summed E-state index contributed by atoms with van der Waals surface area (Å²) in [5.41, 5.74) is 1.65. The molecule has 0 unspecified atom stereocenters. The Morgan fingerprint density at radius 3 is 2.67 bits per heavy atom. The molecule has 0 fully saturated rings. The fraction of sp³-hybridized carbons (Fsp3) is 0.154. The molecule has 0 aliphatic carbocycles. The van der Waals surface area contributed by atoms with Crippen LogP contribution < -0.4 is 5.69 Å². The van der Waals surface area contributed by atoms with Gasteiger partial charge in [0, 0.05) is 13.6 Å². The van der Waals surface area contributed by atoms with Crippen molar-refractivity contribution in [2.45, 2.75) is 11.4 Å². The number of aromatic amines is 2. The molecule has 0 radical (unpaired) electrons. The molecule has 0 spiro atoms. The van der Waals surface area contributed by atoms with Gasteiger partial charge < -0.3 is 9.97 Å². The van der Waals surface area contributed by atoms with Crippen LogP contribution in [0.1, 0.15) is 5.56 Å². The van der Waals surface area contributed by atoms with Crippen molar-refractivity contribution in [2.24, 2.45) is 0 Å². The van der Waals surface area contributed by atoms with Gasteiger partial charge in [-0.05, 0) is 40.6 Å². The first-order chi connectivity index (χ1) is 9.96. The van der Waals surface area contributed by atoms with Crippen LogP contribution in [-0.4, -0.2) is 29.7 Å². The zero-order valence-corrected chi connectivity index (χ0v) is 12.8. The van der Waals surface area contributed by atoms with Crippen molar-refractivity contribution in [3.63, 3.8) is 0 Å². The highest BCUT2D eigenvalue weighted by Gasteiger charge is 2.21. The van der Waals surface area contributed by atoms with Gasteiger partial charge in [0.2, 0.25) is 10.0 Å². The van der Waals surface area contributed by atoms with Gasteiger partial charge in [-0.3, -0.25) is 0 Å². The van der Waals surface area contributed by atoms with Crippen LogP contribution in [0.25, 0.3) is 11.0 Å². The highest BCUT2D eigenvalue weighted by atomic mass is 32.2. The summed E-state index contributed by atoms with van der Waals surface area (Å²) < 4.78 is 26.4. The SMILES string of the molecule is CN(Cc1ccsc1)S(=O)(=O)c1ccc2[nH]c(=O)[nH]c2c1. The van der Waals surface area contributed by atoms with Crippen molar-refractivity contribution in [1.29, 1.82) is 0 Å². The fourth-order valence-electron chi connectivity index (χ4n) is 2.08. The Balaban J connectivity index is 1.96. The number of hydrogen-bond acceptors (Lipinski definition) is 4. The molecule has 2 aromatic heterocycles. The lowest BCUT2D eigenvalue weighted by atomic mass is 10.3. The van der Waals surface area contributed by atoms with E-state index in [2.05, 4.69) is 9.97 Å². The molecule has 0 amide bonds. The molecule has 8 heteroatoms. The third-order valence-electron chi connectivity index (χ3n) is 3.18. The topological polar surface area (TPSA) is 86.0 Å². The first kappa shape index (κ1) is 14.1. The number of nitrogens with zero attached hydrogens (tertiary/aromatic N) is 1. The van der Waals surface area contributed by atoms with Crippen LogP contribution in [0.4, 0.5) is 0 Å². The summed E-state index contributed by atoms with van der Waals surface area (Å²) in [7, 11) is -2.06. The monoisotopic (exact) mass is 323 g/mol. The Hall–Kier alpha value is -1.90. The van der Waals surface area contributed by atoms with Crippen molar-refractivity contribution in [2.75, 3.05) is 7.05 Å². The zero-order chi connectivity index (χ0) is 15.0. The van der Waals surface area contributed by atoms with E-state index < -0.39 is 10.0 Å². The van der Waals surface area contributed by atoms with Crippen molar-refractivity contribution in [1.82, 2.24) is 14.3 Å². The molecule has 0 atom stereocenters. The number of imidazole rings is 1. The molecular formula is C13H13N3O3S2. The lowest BCUT2D eigenvalue weighted by molar-refractivity contribution is 0.467. The predicted octanol–water partition coefficient (Wildman–Crippen LogP) is 1.74. The second kappa shape index (κ2) is 5.14. The molecular weight excluding hydrogens is 310 g/mol. The Kier molecular flexibility index (Phi) is 3.44. The van der Waals surface area contributed by atoms with Gasteiger partial charge in [-0.25, -0.2) is 13.2 Å². The van der Waals surface area contributed by atoms with Gasteiger partial charge in [0.1, 0.15) is 0 Å². The highest BCUT2D eigenvalue weighted by Crippen LogP contribution is 2.20. The molecule has 0 bridgehead atoms. The maximum Gasteiger partial charge on any atom is 0.323 e. The van der Waals surface area contributed by atoms with E-state index in [0.717, 1.165) is 5.56 Å². The number of benzene rings is 1. The van der Waals surface area contributed by atoms with Crippen LogP contribution >= 0.6 is 11.3 Å². The summed E-state index contributed by atoms with van der Waals surface area (Å²) in [4.78, 5) is 16.5. The van der Waals surface area contributed by atoms with Crippen LogP contribution in [0.3, 0.4) is 0 Å². The maximum atomic E-state index is 12.5. The molecule has 3 aromatic rings. The summed E-state index contributed by atoms with van der Waals surface area (Å²) in [6.07, 6.45) is 0. The number of nitrogens with one attached hydrogen (secondary N) is 2. The van der Waals surface area contributed by atoms with Gasteiger partial charge >= 0.3 is 5.69 Å². The number of sulfonamides is 1. The van der Waals surface area contributed by atoms with Crippen molar-refractivity contribution < 1.29 is 8.42 Å². The second-order valence-electron chi connectivity index (χ2n) is 4.68. The Morgan fingerprint density at radius 1 is 1.19 bits per heavy atom. The summed E-state index contributed by atoms with van der Waals surface area (Å²) in [6.45, 7) is 0.313. The standard InChI is InChI=1S/C13H13N3O3S2/c1-16(7-9-4-5-20-8-9)21(18,19)10-2-3-11-12(6-10)15-13(17)14-11/h2-6,8H,7H2,1H3,(H2,14,15,17). The van der Waals surface area contributed by atoms with Crippen LogP contribution in [0, 0.1) is 0 Å². The fourth-order valence-corrected chi connectivity index (χ4v) is 3.92. The molecule has 0 saturated carbocycles. The van der Waals surface area contributed by atoms with Crippen molar-refractivity contribution >= 4 is 32.4 Å². The first-order valence-electron chi connectivity index (χ1n) is 6.16. The molecule has 3 rings (SSSR count). The second-order valence-corrected chi connectivity index (χ2v) is 7.50. The summed E-state index contributed by atoms with van der Waals surface area (Å²) in [6, 6.07) is 6.43. The highest BCUT2D eigenvalue weighted by molar-refractivity contribution is 7.89. The Labute approximate surface area is 125 Å². The summed E-state index contributed by atoms with van der Waals surface area (Å²) >= 11 is 1.53. The lowest BCUT2D eigenvalue weighted by Gasteiger charge is -2.16. The minimum atomic E-state index is -3.60. The number of rotatable bonds is 4. The maximum absolute atomic E-state index is 12.5. The summed E-state index contributed by atoms with van der Waals surface area (Å²) in [5.74, 6) is 0. The van der Waals surface area contributed by atoms with Crippen LogP contribution in [-0.2, 0) is 16.6 Å².